The van der Waals surface area contributed by atoms with E-state index in [-0.39, 0.29) is 5.91 Å². The van der Waals surface area contributed by atoms with Gasteiger partial charge in [-0.15, -0.1) is 0 Å². The summed E-state index contributed by atoms with van der Waals surface area (Å²) < 4.78 is 5.75. The van der Waals surface area contributed by atoms with Crippen LogP contribution < -0.4 is 10.1 Å². The molecule has 2 aromatic carbocycles. The Bertz CT molecular complexity index is 1120. The topological polar surface area (TPSA) is 64.1 Å². The standard InChI is InChI=1S/C25H21N3O2S/c29-25(21-9-11-22(12-10-21)31-24-8-4-5-14-27-24)28-17-20-13-15-26-23(16-20)30-18-19-6-2-1-3-7-19/h1-16H,17-18H2,(H,28,29). The second-order valence-electron chi connectivity index (χ2n) is 6.75. The molecular weight excluding hydrogens is 406 g/mol. The molecule has 0 atom stereocenters. The summed E-state index contributed by atoms with van der Waals surface area (Å²) in [4.78, 5) is 22.1. The normalized spacial score (nSPS) is 10.5. The molecule has 0 aliphatic rings. The lowest BCUT2D eigenvalue weighted by atomic mass is 10.2. The highest BCUT2D eigenvalue weighted by atomic mass is 32.2. The third kappa shape index (κ3) is 6.17. The highest BCUT2D eigenvalue weighted by Crippen LogP contribution is 2.25. The number of hydrogen-bond donors (Lipinski definition) is 1. The van der Waals surface area contributed by atoms with Gasteiger partial charge in [0.1, 0.15) is 11.6 Å². The van der Waals surface area contributed by atoms with Crippen LogP contribution in [0.2, 0.25) is 0 Å². The average molecular weight is 428 g/mol. The molecule has 1 amide bonds. The zero-order valence-corrected chi connectivity index (χ0v) is 17.6. The van der Waals surface area contributed by atoms with E-state index in [1.165, 1.54) is 0 Å². The van der Waals surface area contributed by atoms with Gasteiger partial charge in [0, 0.05) is 35.5 Å². The van der Waals surface area contributed by atoms with Crippen molar-refractivity contribution in [3.63, 3.8) is 0 Å². The van der Waals surface area contributed by atoms with E-state index in [9.17, 15) is 4.79 Å². The Hall–Kier alpha value is -3.64. The second-order valence-corrected chi connectivity index (χ2v) is 7.85. The van der Waals surface area contributed by atoms with E-state index in [0.717, 1.165) is 21.0 Å². The molecule has 6 heteroatoms. The van der Waals surface area contributed by atoms with E-state index < -0.39 is 0 Å². The molecule has 154 valence electrons. The number of rotatable bonds is 8. The number of carbonyl (C=O) groups is 1. The molecule has 5 nitrogen and oxygen atoms in total. The lowest BCUT2D eigenvalue weighted by Gasteiger charge is -2.09. The third-order valence-electron chi connectivity index (χ3n) is 4.46. The van der Waals surface area contributed by atoms with Crippen LogP contribution in [0, 0.1) is 0 Å². The quantitative estimate of drug-likeness (QED) is 0.422. The second kappa shape index (κ2) is 10.4. The number of ether oxygens (including phenoxy) is 1. The van der Waals surface area contributed by atoms with Crippen molar-refractivity contribution < 1.29 is 9.53 Å². The maximum Gasteiger partial charge on any atom is 0.251 e. The lowest BCUT2D eigenvalue weighted by Crippen LogP contribution is -2.22. The first-order valence-electron chi connectivity index (χ1n) is 9.85. The molecule has 0 saturated carbocycles. The smallest absolute Gasteiger partial charge is 0.251 e. The molecule has 0 unspecified atom stereocenters. The molecule has 0 aliphatic carbocycles. The number of benzene rings is 2. The Labute approximate surface area is 185 Å². The van der Waals surface area contributed by atoms with Crippen LogP contribution in [-0.2, 0) is 13.2 Å². The number of pyridine rings is 2. The Balaban J connectivity index is 1.30. The van der Waals surface area contributed by atoms with Gasteiger partial charge in [0.15, 0.2) is 0 Å². The van der Waals surface area contributed by atoms with Gasteiger partial charge in [-0.25, -0.2) is 9.97 Å². The summed E-state index contributed by atoms with van der Waals surface area (Å²) in [7, 11) is 0. The largest absolute Gasteiger partial charge is 0.473 e. The first kappa shape index (κ1) is 20.6. The molecule has 0 bridgehead atoms. The van der Waals surface area contributed by atoms with Gasteiger partial charge in [-0.05, 0) is 53.6 Å². The number of hydrogen-bond acceptors (Lipinski definition) is 5. The molecule has 0 fully saturated rings. The van der Waals surface area contributed by atoms with Gasteiger partial charge < -0.3 is 10.1 Å². The molecule has 2 heterocycles. The monoisotopic (exact) mass is 427 g/mol. The Morgan fingerprint density at radius 1 is 0.839 bits per heavy atom. The third-order valence-corrected chi connectivity index (χ3v) is 5.42. The van der Waals surface area contributed by atoms with E-state index in [0.29, 0.717) is 24.6 Å². The Morgan fingerprint density at radius 2 is 1.65 bits per heavy atom. The molecular formula is C25H21N3O2S. The van der Waals surface area contributed by atoms with Crippen LogP contribution in [0.15, 0.2) is 107 Å². The van der Waals surface area contributed by atoms with Crippen LogP contribution in [-0.4, -0.2) is 15.9 Å². The van der Waals surface area contributed by atoms with Crippen molar-refractivity contribution >= 4 is 17.7 Å². The zero-order chi connectivity index (χ0) is 21.3. The van der Waals surface area contributed by atoms with Crippen LogP contribution in [0.4, 0.5) is 0 Å². The van der Waals surface area contributed by atoms with Crippen molar-refractivity contribution in [3.8, 4) is 5.88 Å². The molecule has 4 aromatic rings. The molecule has 0 aliphatic heterocycles. The molecule has 0 radical (unpaired) electrons. The predicted molar refractivity (Wildman–Crippen MR) is 121 cm³/mol. The number of nitrogens with one attached hydrogen (secondary N) is 1. The van der Waals surface area contributed by atoms with Crippen molar-refractivity contribution in [3.05, 3.63) is 114 Å². The molecule has 0 saturated heterocycles. The van der Waals surface area contributed by atoms with E-state index in [1.54, 1.807) is 24.2 Å². The minimum Gasteiger partial charge on any atom is -0.473 e. The Kier molecular flexibility index (Phi) is 6.92. The van der Waals surface area contributed by atoms with Crippen molar-refractivity contribution in [1.82, 2.24) is 15.3 Å². The number of nitrogens with zero attached hydrogens (tertiary/aromatic N) is 2. The van der Waals surface area contributed by atoms with E-state index >= 15 is 0 Å². The van der Waals surface area contributed by atoms with Crippen LogP contribution in [0.25, 0.3) is 0 Å². The summed E-state index contributed by atoms with van der Waals surface area (Å²) in [5.74, 6) is 0.407. The van der Waals surface area contributed by atoms with Crippen LogP contribution in [0.5, 0.6) is 5.88 Å². The summed E-state index contributed by atoms with van der Waals surface area (Å²) in [6, 6.07) is 26.9. The number of aromatic nitrogens is 2. The maximum atomic E-state index is 12.5. The van der Waals surface area contributed by atoms with Gasteiger partial charge in [0.05, 0.1) is 0 Å². The van der Waals surface area contributed by atoms with Crippen molar-refractivity contribution in [2.75, 3.05) is 0 Å². The van der Waals surface area contributed by atoms with Crippen LogP contribution in [0.1, 0.15) is 21.5 Å². The predicted octanol–water partition coefficient (Wildman–Crippen LogP) is 5.14. The molecule has 31 heavy (non-hydrogen) atoms. The maximum absolute atomic E-state index is 12.5. The van der Waals surface area contributed by atoms with Crippen molar-refractivity contribution in [2.24, 2.45) is 0 Å². The van der Waals surface area contributed by atoms with E-state index in [2.05, 4.69) is 15.3 Å². The van der Waals surface area contributed by atoms with Gasteiger partial charge in [0.25, 0.3) is 5.91 Å². The van der Waals surface area contributed by atoms with Gasteiger partial charge in [-0.2, -0.15) is 0 Å². The summed E-state index contributed by atoms with van der Waals surface area (Å²) in [5.41, 5.74) is 2.61. The van der Waals surface area contributed by atoms with Gasteiger partial charge in [-0.1, -0.05) is 48.2 Å². The van der Waals surface area contributed by atoms with Crippen molar-refractivity contribution in [2.45, 2.75) is 23.1 Å². The summed E-state index contributed by atoms with van der Waals surface area (Å²) in [5, 5.41) is 3.86. The fourth-order valence-corrected chi connectivity index (χ4v) is 3.63. The Morgan fingerprint density at radius 3 is 2.42 bits per heavy atom. The first-order valence-corrected chi connectivity index (χ1v) is 10.7. The summed E-state index contributed by atoms with van der Waals surface area (Å²) in [6.07, 6.45) is 3.45. The molecule has 4 rings (SSSR count). The number of amides is 1. The van der Waals surface area contributed by atoms with Crippen LogP contribution in [0.3, 0.4) is 0 Å². The summed E-state index contributed by atoms with van der Waals surface area (Å²) >= 11 is 1.56. The fraction of sp³-hybridized carbons (Fsp3) is 0.0800. The summed E-state index contributed by atoms with van der Waals surface area (Å²) in [6.45, 7) is 0.847. The molecule has 0 spiro atoms. The first-order chi connectivity index (χ1) is 15.3. The number of carbonyl (C=O) groups excluding carboxylic acids is 1. The lowest BCUT2D eigenvalue weighted by molar-refractivity contribution is 0.0950. The zero-order valence-electron chi connectivity index (χ0n) is 16.8. The minimum atomic E-state index is -0.127. The van der Waals surface area contributed by atoms with Crippen molar-refractivity contribution in [1.29, 1.82) is 0 Å². The minimum absolute atomic E-state index is 0.127. The fourth-order valence-electron chi connectivity index (χ4n) is 2.86. The highest BCUT2D eigenvalue weighted by molar-refractivity contribution is 7.99. The van der Waals surface area contributed by atoms with E-state index in [4.69, 9.17) is 4.74 Å². The van der Waals surface area contributed by atoms with Gasteiger partial charge in [0.2, 0.25) is 5.88 Å². The van der Waals surface area contributed by atoms with Crippen LogP contribution >= 0.6 is 11.8 Å². The van der Waals surface area contributed by atoms with E-state index in [1.807, 2.05) is 84.9 Å². The average Bonchev–Trinajstić information content (AvgIpc) is 2.83. The van der Waals surface area contributed by atoms with Gasteiger partial charge in [-0.3, -0.25) is 4.79 Å². The van der Waals surface area contributed by atoms with Gasteiger partial charge >= 0.3 is 0 Å². The highest BCUT2D eigenvalue weighted by Gasteiger charge is 2.07. The SMILES string of the molecule is O=C(NCc1ccnc(OCc2ccccc2)c1)c1ccc(Sc2ccccn2)cc1. The molecule has 2 aromatic heterocycles. The molecule has 1 N–H and O–H groups in total.